The maximum Gasteiger partial charge on any atom is 0.223 e. The molecule has 2 aromatic rings. The molecule has 1 unspecified atom stereocenters. The zero-order valence-electron chi connectivity index (χ0n) is 14.5. The SMILES string of the molecule is CN(C(=O)CC(c1ccccc1)c1cccc(Cl)c1)C1CCOCC1. The third-order valence-electron chi connectivity index (χ3n) is 4.96. The lowest BCUT2D eigenvalue weighted by Crippen LogP contribution is -2.41. The lowest BCUT2D eigenvalue weighted by Gasteiger charge is -2.32. The minimum absolute atomic E-state index is 0.00897. The van der Waals surface area contributed by atoms with Crippen molar-refractivity contribution in [2.45, 2.75) is 31.2 Å². The van der Waals surface area contributed by atoms with Gasteiger partial charge in [-0.25, -0.2) is 0 Å². The predicted molar refractivity (Wildman–Crippen MR) is 101 cm³/mol. The van der Waals surface area contributed by atoms with Gasteiger partial charge in [-0.1, -0.05) is 54.1 Å². The summed E-state index contributed by atoms with van der Waals surface area (Å²) in [6, 6.07) is 18.3. The Bertz CT molecular complexity index is 698. The Morgan fingerprint density at radius 3 is 2.48 bits per heavy atom. The molecule has 1 heterocycles. The molecule has 1 atom stereocenters. The molecular weight excluding hydrogens is 334 g/mol. The number of ether oxygens (including phenoxy) is 1. The highest BCUT2D eigenvalue weighted by atomic mass is 35.5. The molecular formula is C21H24ClNO2. The fourth-order valence-electron chi connectivity index (χ4n) is 3.43. The van der Waals surface area contributed by atoms with E-state index in [0.717, 1.165) is 37.2 Å². The van der Waals surface area contributed by atoms with Crippen LogP contribution in [0.3, 0.4) is 0 Å². The zero-order chi connectivity index (χ0) is 17.6. The minimum atomic E-state index is 0.00897. The molecule has 3 nitrogen and oxygen atoms in total. The van der Waals surface area contributed by atoms with Crippen molar-refractivity contribution in [1.29, 1.82) is 0 Å². The molecule has 4 heteroatoms. The summed E-state index contributed by atoms with van der Waals surface area (Å²) in [6.45, 7) is 1.47. The number of hydrogen-bond acceptors (Lipinski definition) is 2. The molecule has 1 saturated heterocycles. The number of hydrogen-bond donors (Lipinski definition) is 0. The highest BCUT2D eigenvalue weighted by Crippen LogP contribution is 2.30. The number of nitrogens with zero attached hydrogens (tertiary/aromatic N) is 1. The van der Waals surface area contributed by atoms with Crippen LogP contribution in [0.2, 0.25) is 5.02 Å². The van der Waals surface area contributed by atoms with Gasteiger partial charge in [0.15, 0.2) is 0 Å². The maximum absolute atomic E-state index is 12.9. The van der Waals surface area contributed by atoms with E-state index in [1.165, 1.54) is 0 Å². The van der Waals surface area contributed by atoms with E-state index in [2.05, 4.69) is 12.1 Å². The first kappa shape index (κ1) is 18.0. The van der Waals surface area contributed by atoms with E-state index in [4.69, 9.17) is 16.3 Å². The smallest absolute Gasteiger partial charge is 0.223 e. The summed E-state index contributed by atoms with van der Waals surface area (Å²) in [6.07, 6.45) is 2.27. The van der Waals surface area contributed by atoms with Crippen LogP contribution in [0, 0.1) is 0 Å². The van der Waals surface area contributed by atoms with Crippen molar-refractivity contribution in [2.75, 3.05) is 20.3 Å². The van der Waals surface area contributed by atoms with Crippen molar-refractivity contribution in [3.8, 4) is 0 Å². The van der Waals surface area contributed by atoms with Gasteiger partial charge in [-0.2, -0.15) is 0 Å². The molecule has 0 radical (unpaired) electrons. The van der Waals surface area contributed by atoms with Gasteiger partial charge in [-0.15, -0.1) is 0 Å². The molecule has 1 aliphatic rings. The Hall–Kier alpha value is -1.84. The second kappa shape index (κ2) is 8.50. The van der Waals surface area contributed by atoms with Gasteiger partial charge in [0.1, 0.15) is 0 Å². The molecule has 132 valence electrons. The average molecular weight is 358 g/mol. The predicted octanol–water partition coefficient (Wildman–Crippen LogP) is 4.50. The van der Waals surface area contributed by atoms with E-state index >= 15 is 0 Å². The molecule has 3 rings (SSSR count). The Labute approximate surface area is 154 Å². The Morgan fingerprint density at radius 2 is 1.80 bits per heavy atom. The lowest BCUT2D eigenvalue weighted by molar-refractivity contribution is -0.133. The number of amides is 1. The maximum atomic E-state index is 12.9. The van der Waals surface area contributed by atoms with Crippen molar-refractivity contribution < 1.29 is 9.53 Å². The largest absolute Gasteiger partial charge is 0.381 e. The van der Waals surface area contributed by atoms with Crippen molar-refractivity contribution >= 4 is 17.5 Å². The van der Waals surface area contributed by atoms with E-state index in [0.29, 0.717) is 11.4 Å². The minimum Gasteiger partial charge on any atom is -0.381 e. The topological polar surface area (TPSA) is 29.5 Å². The third-order valence-corrected chi connectivity index (χ3v) is 5.20. The highest BCUT2D eigenvalue weighted by Gasteiger charge is 2.26. The summed E-state index contributed by atoms with van der Waals surface area (Å²) in [4.78, 5) is 14.8. The summed E-state index contributed by atoms with van der Waals surface area (Å²) >= 11 is 6.19. The molecule has 25 heavy (non-hydrogen) atoms. The Balaban J connectivity index is 1.81. The zero-order valence-corrected chi connectivity index (χ0v) is 15.3. The standard InChI is InChI=1S/C21H24ClNO2/c1-23(19-10-12-25-13-11-19)21(24)15-20(16-6-3-2-4-7-16)17-8-5-9-18(22)14-17/h2-9,14,19-20H,10-13,15H2,1H3. The van der Waals surface area contributed by atoms with E-state index in [9.17, 15) is 4.79 Å². The van der Waals surface area contributed by atoms with Crippen LogP contribution >= 0.6 is 11.6 Å². The Kier molecular flexibility index (Phi) is 6.11. The number of benzene rings is 2. The van der Waals surface area contributed by atoms with Crippen molar-refractivity contribution in [2.24, 2.45) is 0 Å². The van der Waals surface area contributed by atoms with Crippen molar-refractivity contribution in [1.82, 2.24) is 4.90 Å². The number of rotatable bonds is 5. The number of carbonyl (C=O) groups excluding carboxylic acids is 1. The van der Waals surface area contributed by atoms with Gasteiger partial charge in [-0.05, 0) is 36.1 Å². The van der Waals surface area contributed by atoms with Crippen molar-refractivity contribution in [3.63, 3.8) is 0 Å². The normalized spacial score (nSPS) is 16.4. The van der Waals surface area contributed by atoms with Gasteiger partial charge in [0, 0.05) is 43.7 Å². The van der Waals surface area contributed by atoms with Crippen LogP contribution in [-0.2, 0) is 9.53 Å². The van der Waals surface area contributed by atoms with Gasteiger partial charge in [0.2, 0.25) is 5.91 Å². The second-order valence-electron chi connectivity index (χ2n) is 6.57. The molecule has 2 aromatic carbocycles. The fourth-order valence-corrected chi connectivity index (χ4v) is 3.63. The monoisotopic (exact) mass is 357 g/mol. The number of carbonyl (C=O) groups is 1. The molecule has 1 aliphatic heterocycles. The van der Waals surface area contributed by atoms with Gasteiger partial charge in [-0.3, -0.25) is 4.79 Å². The van der Waals surface area contributed by atoms with E-state index in [1.54, 1.807) is 0 Å². The van der Waals surface area contributed by atoms with Crippen molar-refractivity contribution in [3.05, 3.63) is 70.7 Å². The fraction of sp³-hybridized carbons (Fsp3) is 0.381. The quantitative estimate of drug-likeness (QED) is 0.788. The first-order chi connectivity index (χ1) is 12.1. The lowest BCUT2D eigenvalue weighted by atomic mass is 9.88. The molecule has 0 saturated carbocycles. The summed E-state index contributed by atoms with van der Waals surface area (Å²) in [5, 5.41) is 0.698. The van der Waals surface area contributed by atoms with E-state index in [1.807, 2.05) is 54.4 Å². The average Bonchev–Trinajstić information content (AvgIpc) is 2.66. The van der Waals surface area contributed by atoms with Gasteiger partial charge < -0.3 is 9.64 Å². The van der Waals surface area contributed by atoms with Crippen LogP contribution in [0.15, 0.2) is 54.6 Å². The van der Waals surface area contributed by atoms with Crippen LogP contribution < -0.4 is 0 Å². The van der Waals surface area contributed by atoms with Crippen LogP contribution in [0.1, 0.15) is 36.3 Å². The summed E-state index contributed by atoms with van der Waals surface area (Å²) in [7, 11) is 1.92. The molecule has 0 N–H and O–H groups in total. The van der Waals surface area contributed by atoms with Crippen LogP contribution in [-0.4, -0.2) is 37.1 Å². The molecule has 1 amide bonds. The first-order valence-electron chi connectivity index (χ1n) is 8.79. The highest BCUT2D eigenvalue weighted by molar-refractivity contribution is 6.30. The van der Waals surface area contributed by atoms with Crippen LogP contribution in [0.5, 0.6) is 0 Å². The van der Waals surface area contributed by atoms with Gasteiger partial charge in [0.05, 0.1) is 0 Å². The third kappa shape index (κ3) is 4.62. The summed E-state index contributed by atoms with van der Waals surface area (Å²) in [5.74, 6) is 0.176. The van der Waals surface area contributed by atoms with Crippen LogP contribution in [0.4, 0.5) is 0 Å². The van der Waals surface area contributed by atoms with Gasteiger partial charge >= 0.3 is 0 Å². The summed E-state index contributed by atoms with van der Waals surface area (Å²) < 4.78 is 5.41. The second-order valence-corrected chi connectivity index (χ2v) is 7.01. The van der Waals surface area contributed by atoms with E-state index < -0.39 is 0 Å². The molecule has 0 bridgehead atoms. The van der Waals surface area contributed by atoms with E-state index in [-0.39, 0.29) is 17.9 Å². The van der Waals surface area contributed by atoms with Gasteiger partial charge in [0.25, 0.3) is 0 Å². The number of halogens is 1. The molecule has 0 aromatic heterocycles. The molecule has 1 fully saturated rings. The first-order valence-corrected chi connectivity index (χ1v) is 9.17. The van der Waals surface area contributed by atoms with Crippen LogP contribution in [0.25, 0.3) is 0 Å². The summed E-state index contributed by atoms with van der Waals surface area (Å²) in [5.41, 5.74) is 2.21. The molecule has 0 aliphatic carbocycles. The molecule has 0 spiro atoms. The Morgan fingerprint density at radius 1 is 1.12 bits per heavy atom.